The van der Waals surface area contributed by atoms with Gasteiger partial charge in [-0.2, -0.15) is 0 Å². The fourth-order valence-corrected chi connectivity index (χ4v) is 1.48. The van der Waals surface area contributed by atoms with Crippen LogP contribution in [0.15, 0.2) is 12.2 Å². The lowest BCUT2D eigenvalue weighted by atomic mass is 9.92. The standard InChI is InChI=1S/C9H16O/c10-8-4-7-9-5-2-1-3-6-9/h2,5,9-10H,1,3-4,6-8H2. The Kier molecular flexibility index (Phi) is 3.52. The van der Waals surface area contributed by atoms with Crippen molar-refractivity contribution in [3.63, 3.8) is 0 Å². The first-order valence-electron chi connectivity index (χ1n) is 4.21. The summed E-state index contributed by atoms with van der Waals surface area (Å²) in [7, 11) is 0. The Labute approximate surface area is 62.8 Å². The van der Waals surface area contributed by atoms with Gasteiger partial charge in [-0.25, -0.2) is 0 Å². The first-order valence-corrected chi connectivity index (χ1v) is 4.21. The van der Waals surface area contributed by atoms with Crippen LogP contribution >= 0.6 is 0 Å². The molecule has 0 saturated heterocycles. The van der Waals surface area contributed by atoms with Crippen LogP contribution in [0.2, 0.25) is 0 Å². The van der Waals surface area contributed by atoms with Crippen LogP contribution in [0.4, 0.5) is 0 Å². The van der Waals surface area contributed by atoms with E-state index in [1.54, 1.807) is 0 Å². The summed E-state index contributed by atoms with van der Waals surface area (Å²) in [6.07, 6.45) is 10.6. The molecule has 1 nitrogen and oxygen atoms in total. The molecule has 0 bridgehead atoms. The molecule has 0 heterocycles. The quantitative estimate of drug-likeness (QED) is 0.595. The molecule has 10 heavy (non-hydrogen) atoms. The van der Waals surface area contributed by atoms with Crippen LogP contribution in [0.25, 0.3) is 0 Å². The highest BCUT2D eigenvalue weighted by molar-refractivity contribution is 4.92. The summed E-state index contributed by atoms with van der Waals surface area (Å²) in [6, 6.07) is 0. The molecule has 0 spiro atoms. The Bertz CT molecular complexity index is 107. The van der Waals surface area contributed by atoms with Gasteiger partial charge in [0.15, 0.2) is 0 Å². The van der Waals surface area contributed by atoms with E-state index in [0.29, 0.717) is 6.61 Å². The van der Waals surface area contributed by atoms with Crippen LogP contribution in [-0.2, 0) is 0 Å². The summed E-state index contributed by atoms with van der Waals surface area (Å²) < 4.78 is 0. The summed E-state index contributed by atoms with van der Waals surface area (Å²) in [6.45, 7) is 0.352. The van der Waals surface area contributed by atoms with Crippen molar-refractivity contribution in [3.05, 3.63) is 12.2 Å². The number of aliphatic hydroxyl groups excluding tert-OH is 1. The number of allylic oxidation sites excluding steroid dienone is 2. The maximum atomic E-state index is 8.57. The molecule has 0 aromatic heterocycles. The lowest BCUT2D eigenvalue weighted by Gasteiger charge is -2.14. The Morgan fingerprint density at radius 3 is 3.00 bits per heavy atom. The fraction of sp³-hybridized carbons (Fsp3) is 0.778. The average molecular weight is 140 g/mol. The molecule has 1 heteroatoms. The van der Waals surface area contributed by atoms with Crippen LogP contribution in [0, 0.1) is 5.92 Å². The molecule has 0 saturated carbocycles. The second-order valence-corrected chi connectivity index (χ2v) is 2.98. The molecule has 0 fully saturated rings. The lowest BCUT2D eigenvalue weighted by molar-refractivity contribution is 0.274. The zero-order chi connectivity index (χ0) is 7.23. The van der Waals surface area contributed by atoms with Crippen LogP contribution in [0.1, 0.15) is 32.1 Å². The van der Waals surface area contributed by atoms with E-state index in [4.69, 9.17) is 5.11 Å². The molecular formula is C9H16O. The van der Waals surface area contributed by atoms with Crippen molar-refractivity contribution < 1.29 is 5.11 Å². The topological polar surface area (TPSA) is 20.2 Å². The number of aliphatic hydroxyl groups is 1. The molecule has 1 unspecified atom stereocenters. The van der Waals surface area contributed by atoms with E-state index in [-0.39, 0.29) is 0 Å². The molecule has 1 N–H and O–H groups in total. The smallest absolute Gasteiger partial charge is 0.0431 e. The van der Waals surface area contributed by atoms with E-state index in [0.717, 1.165) is 12.3 Å². The van der Waals surface area contributed by atoms with Gasteiger partial charge in [0.2, 0.25) is 0 Å². The minimum absolute atomic E-state index is 0.352. The molecule has 0 aromatic rings. The second-order valence-electron chi connectivity index (χ2n) is 2.98. The maximum Gasteiger partial charge on any atom is 0.0431 e. The zero-order valence-corrected chi connectivity index (χ0v) is 6.42. The number of rotatable bonds is 3. The normalized spacial score (nSPS) is 25.1. The zero-order valence-electron chi connectivity index (χ0n) is 6.42. The predicted molar refractivity (Wildman–Crippen MR) is 42.8 cm³/mol. The number of hydrogen-bond donors (Lipinski definition) is 1. The van der Waals surface area contributed by atoms with E-state index >= 15 is 0 Å². The van der Waals surface area contributed by atoms with Gasteiger partial charge in [-0.1, -0.05) is 12.2 Å². The van der Waals surface area contributed by atoms with Gasteiger partial charge in [0.25, 0.3) is 0 Å². The molecule has 58 valence electrons. The molecule has 0 radical (unpaired) electrons. The third-order valence-corrected chi connectivity index (χ3v) is 2.09. The summed E-state index contributed by atoms with van der Waals surface area (Å²) in [5.41, 5.74) is 0. The highest BCUT2D eigenvalue weighted by atomic mass is 16.2. The Balaban J connectivity index is 2.13. The maximum absolute atomic E-state index is 8.57. The predicted octanol–water partition coefficient (Wildman–Crippen LogP) is 2.12. The van der Waals surface area contributed by atoms with E-state index in [1.807, 2.05) is 0 Å². The Hall–Kier alpha value is -0.300. The molecule has 1 aliphatic carbocycles. The van der Waals surface area contributed by atoms with E-state index in [9.17, 15) is 0 Å². The Morgan fingerprint density at radius 2 is 2.40 bits per heavy atom. The molecule has 0 amide bonds. The van der Waals surface area contributed by atoms with Crippen LogP contribution in [0.3, 0.4) is 0 Å². The summed E-state index contributed by atoms with van der Waals surface area (Å²) in [5, 5.41) is 8.57. The van der Waals surface area contributed by atoms with Crippen LogP contribution < -0.4 is 0 Å². The average Bonchev–Trinajstić information content (AvgIpc) is 2.03. The first kappa shape index (κ1) is 7.80. The SMILES string of the molecule is OCCCC1C=CCCC1. The fourth-order valence-electron chi connectivity index (χ4n) is 1.48. The van der Waals surface area contributed by atoms with E-state index < -0.39 is 0 Å². The summed E-state index contributed by atoms with van der Waals surface area (Å²) in [4.78, 5) is 0. The van der Waals surface area contributed by atoms with Crippen molar-refractivity contribution in [3.8, 4) is 0 Å². The first-order chi connectivity index (χ1) is 4.93. The van der Waals surface area contributed by atoms with Gasteiger partial charge in [-0.05, 0) is 38.0 Å². The van der Waals surface area contributed by atoms with Gasteiger partial charge >= 0.3 is 0 Å². The van der Waals surface area contributed by atoms with Crippen molar-refractivity contribution in [1.29, 1.82) is 0 Å². The van der Waals surface area contributed by atoms with E-state index in [1.165, 1.54) is 25.7 Å². The van der Waals surface area contributed by atoms with E-state index in [2.05, 4.69) is 12.2 Å². The summed E-state index contributed by atoms with van der Waals surface area (Å²) in [5.74, 6) is 0.765. The number of hydrogen-bond acceptors (Lipinski definition) is 1. The van der Waals surface area contributed by atoms with Gasteiger partial charge < -0.3 is 5.11 Å². The van der Waals surface area contributed by atoms with Crippen molar-refractivity contribution in [2.75, 3.05) is 6.61 Å². The molecular weight excluding hydrogens is 124 g/mol. The van der Waals surface area contributed by atoms with Crippen molar-refractivity contribution in [2.45, 2.75) is 32.1 Å². The summed E-state index contributed by atoms with van der Waals surface area (Å²) >= 11 is 0. The molecule has 0 aromatic carbocycles. The van der Waals surface area contributed by atoms with Crippen LogP contribution in [0.5, 0.6) is 0 Å². The van der Waals surface area contributed by atoms with Gasteiger partial charge in [-0.3, -0.25) is 0 Å². The molecule has 0 aliphatic heterocycles. The van der Waals surface area contributed by atoms with Crippen molar-refractivity contribution in [2.24, 2.45) is 5.92 Å². The molecule has 1 aliphatic rings. The molecule has 1 rings (SSSR count). The van der Waals surface area contributed by atoms with Gasteiger partial charge in [-0.15, -0.1) is 0 Å². The molecule has 1 atom stereocenters. The van der Waals surface area contributed by atoms with Gasteiger partial charge in [0.1, 0.15) is 0 Å². The van der Waals surface area contributed by atoms with Crippen LogP contribution in [-0.4, -0.2) is 11.7 Å². The highest BCUT2D eigenvalue weighted by Crippen LogP contribution is 2.20. The Morgan fingerprint density at radius 1 is 1.50 bits per heavy atom. The third-order valence-electron chi connectivity index (χ3n) is 2.09. The second kappa shape index (κ2) is 4.51. The minimum Gasteiger partial charge on any atom is -0.396 e. The van der Waals surface area contributed by atoms with Gasteiger partial charge in [0.05, 0.1) is 0 Å². The van der Waals surface area contributed by atoms with Gasteiger partial charge in [0, 0.05) is 6.61 Å². The highest BCUT2D eigenvalue weighted by Gasteiger charge is 2.06. The minimum atomic E-state index is 0.352. The van der Waals surface area contributed by atoms with Crippen molar-refractivity contribution >= 4 is 0 Å². The lowest BCUT2D eigenvalue weighted by Crippen LogP contribution is -2.01. The largest absolute Gasteiger partial charge is 0.396 e. The third kappa shape index (κ3) is 2.53. The monoisotopic (exact) mass is 140 g/mol. The van der Waals surface area contributed by atoms with Crippen molar-refractivity contribution in [1.82, 2.24) is 0 Å².